The second kappa shape index (κ2) is 8.11. The molecule has 0 bridgehead atoms. The minimum absolute atomic E-state index is 0.0273. The summed E-state index contributed by atoms with van der Waals surface area (Å²) in [6, 6.07) is 14.4. The number of phenolic OH excluding ortho intramolecular Hbond substituents is 4. The molecular weight excluding hydrogens is 484 g/mol. The molecule has 2 aliphatic rings. The largest absolute Gasteiger partial charge is 0.507 e. The van der Waals surface area contributed by atoms with Crippen molar-refractivity contribution in [1.29, 1.82) is 0 Å². The molecule has 0 unspecified atom stereocenters. The summed E-state index contributed by atoms with van der Waals surface area (Å²) in [5, 5.41) is 43.7. The first-order valence-corrected chi connectivity index (χ1v) is 12.1. The third-order valence-electron chi connectivity index (χ3n) is 7.60. The summed E-state index contributed by atoms with van der Waals surface area (Å²) in [5.41, 5.74) is 3.63. The Balaban J connectivity index is 1.79. The van der Waals surface area contributed by atoms with E-state index in [1.165, 1.54) is 31.4 Å². The van der Waals surface area contributed by atoms with Gasteiger partial charge in [-0.05, 0) is 71.5 Å². The summed E-state index contributed by atoms with van der Waals surface area (Å²) >= 11 is 0. The monoisotopic (exact) mass is 508 g/mol. The van der Waals surface area contributed by atoms with Crippen molar-refractivity contribution < 1.29 is 34.8 Å². The number of hydrogen-bond acceptors (Lipinski definition) is 7. The van der Waals surface area contributed by atoms with E-state index < -0.39 is 23.4 Å². The lowest BCUT2D eigenvalue weighted by Gasteiger charge is -2.38. The summed E-state index contributed by atoms with van der Waals surface area (Å²) in [5.74, 6) is -3.02. The van der Waals surface area contributed by atoms with Crippen molar-refractivity contribution in [3.05, 3.63) is 110 Å². The molecule has 0 heterocycles. The zero-order valence-corrected chi connectivity index (χ0v) is 20.9. The van der Waals surface area contributed by atoms with Gasteiger partial charge < -0.3 is 25.2 Å². The van der Waals surface area contributed by atoms with Crippen LogP contribution in [0.4, 0.5) is 0 Å². The number of ketones is 2. The summed E-state index contributed by atoms with van der Waals surface area (Å²) in [6.07, 6.45) is 0. The van der Waals surface area contributed by atoms with Gasteiger partial charge in [-0.3, -0.25) is 9.59 Å². The van der Waals surface area contributed by atoms with E-state index in [0.29, 0.717) is 33.6 Å². The van der Waals surface area contributed by atoms with Crippen LogP contribution in [0.2, 0.25) is 0 Å². The van der Waals surface area contributed by atoms with Crippen LogP contribution in [0.5, 0.6) is 28.7 Å². The topological polar surface area (TPSA) is 124 Å². The summed E-state index contributed by atoms with van der Waals surface area (Å²) < 4.78 is 5.43. The second-order valence-corrected chi connectivity index (χ2v) is 9.96. The van der Waals surface area contributed by atoms with E-state index in [9.17, 15) is 30.0 Å². The van der Waals surface area contributed by atoms with Crippen molar-refractivity contribution in [3.63, 3.8) is 0 Å². The Bertz CT molecular complexity index is 1720. The number of ether oxygens (including phenoxy) is 1. The van der Waals surface area contributed by atoms with Gasteiger partial charge in [0.15, 0.2) is 0 Å². The first-order valence-electron chi connectivity index (χ1n) is 12.1. The SMILES string of the molecule is COc1cc(O)c2c(c1)[C@H]([C@H]1c3cccc(O)c3C(=O)c3c(O)cc(C)cc31)c1cc(C)cc(O)c1C2=O. The van der Waals surface area contributed by atoms with Crippen LogP contribution in [0.15, 0.2) is 54.6 Å². The van der Waals surface area contributed by atoms with Gasteiger partial charge in [0.2, 0.25) is 11.6 Å². The van der Waals surface area contributed by atoms with Gasteiger partial charge in [0, 0.05) is 17.9 Å². The minimum Gasteiger partial charge on any atom is -0.507 e. The first-order chi connectivity index (χ1) is 18.1. The summed E-state index contributed by atoms with van der Waals surface area (Å²) in [4.78, 5) is 27.3. The Kier molecular flexibility index (Phi) is 5.04. The van der Waals surface area contributed by atoms with Crippen LogP contribution in [0.25, 0.3) is 0 Å². The second-order valence-electron chi connectivity index (χ2n) is 9.96. The van der Waals surface area contributed by atoms with E-state index >= 15 is 0 Å². The number of phenols is 4. The number of fused-ring (bicyclic) bond motifs is 4. The molecule has 0 radical (unpaired) electrons. The minimum atomic E-state index is -0.696. The standard InChI is InChI=1S/C31H24O7/c1-13-7-17-24(16-5-4-6-20(32)26(16)30(36)27(17)21(33)9-13)25-18-8-14(2)10-22(34)28(18)31(37)29-19(25)11-15(38-3)12-23(29)35/h4-12,24-25,32-35H,1-3H3/t24-,25+/m0/s1. The number of rotatable bonds is 2. The molecule has 0 fully saturated rings. The Morgan fingerprint density at radius 2 is 1.03 bits per heavy atom. The highest BCUT2D eigenvalue weighted by atomic mass is 16.5. The van der Waals surface area contributed by atoms with E-state index in [1.54, 1.807) is 32.0 Å². The van der Waals surface area contributed by atoms with E-state index in [1.807, 2.05) is 12.1 Å². The Labute approximate surface area is 218 Å². The average Bonchev–Trinajstić information content (AvgIpc) is 2.84. The lowest BCUT2D eigenvalue weighted by molar-refractivity contribution is 0.101. The third kappa shape index (κ3) is 3.14. The fraction of sp³-hybridized carbons (Fsp3) is 0.161. The van der Waals surface area contributed by atoms with Crippen LogP contribution in [0.1, 0.15) is 77.1 Å². The van der Waals surface area contributed by atoms with Gasteiger partial charge in [-0.15, -0.1) is 0 Å². The van der Waals surface area contributed by atoms with Crippen molar-refractivity contribution in [1.82, 2.24) is 0 Å². The fourth-order valence-corrected chi connectivity index (χ4v) is 6.17. The molecule has 2 aliphatic carbocycles. The van der Waals surface area contributed by atoms with Crippen LogP contribution < -0.4 is 4.74 Å². The van der Waals surface area contributed by atoms with Crippen molar-refractivity contribution in [3.8, 4) is 28.7 Å². The van der Waals surface area contributed by atoms with Gasteiger partial charge in [-0.2, -0.15) is 0 Å². The molecule has 0 saturated heterocycles. The Morgan fingerprint density at radius 3 is 1.55 bits per heavy atom. The number of carbonyl (C=O) groups excluding carboxylic acids is 2. The molecule has 38 heavy (non-hydrogen) atoms. The van der Waals surface area contributed by atoms with Crippen LogP contribution in [0.3, 0.4) is 0 Å². The molecule has 190 valence electrons. The molecule has 4 N–H and O–H groups in total. The molecule has 0 spiro atoms. The van der Waals surface area contributed by atoms with Crippen molar-refractivity contribution in [2.45, 2.75) is 25.7 Å². The molecule has 0 aromatic heterocycles. The molecular formula is C31H24O7. The first kappa shape index (κ1) is 23.6. The highest BCUT2D eigenvalue weighted by molar-refractivity contribution is 6.18. The number of aromatic hydroxyl groups is 4. The molecule has 0 saturated carbocycles. The lowest BCUT2D eigenvalue weighted by atomic mass is 9.63. The van der Waals surface area contributed by atoms with Gasteiger partial charge in [0.05, 0.1) is 29.4 Å². The van der Waals surface area contributed by atoms with Gasteiger partial charge in [0.1, 0.15) is 28.7 Å². The number of hydrogen-bond donors (Lipinski definition) is 4. The van der Waals surface area contributed by atoms with Gasteiger partial charge in [-0.25, -0.2) is 0 Å². The third-order valence-corrected chi connectivity index (χ3v) is 7.60. The smallest absolute Gasteiger partial charge is 0.201 e. The molecule has 2 atom stereocenters. The quantitative estimate of drug-likeness (QED) is 0.294. The predicted molar refractivity (Wildman–Crippen MR) is 139 cm³/mol. The van der Waals surface area contributed by atoms with Crippen molar-refractivity contribution in [2.75, 3.05) is 7.11 Å². The fourth-order valence-electron chi connectivity index (χ4n) is 6.17. The van der Waals surface area contributed by atoms with Crippen LogP contribution in [0, 0.1) is 13.8 Å². The van der Waals surface area contributed by atoms with E-state index in [0.717, 1.165) is 5.56 Å². The average molecular weight is 509 g/mol. The molecule has 6 rings (SSSR count). The molecule has 0 aliphatic heterocycles. The number of carbonyl (C=O) groups is 2. The predicted octanol–water partition coefficient (Wildman–Crippen LogP) is 5.19. The van der Waals surface area contributed by atoms with Crippen LogP contribution in [-0.2, 0) is 0 Å². The molecule has 7 nitrogen and oxygen atoms in total. The van der Waals surface area contributed by atoms with Crippen molar-refractivity contribution >= 4 is 11.6 Å². The lowest BCUT2D eigenvalue weighted by Crippen LogP contribution is -2.29. The zero-order valence-electron chi connectivity index (χ0n) is 20.9. The van der Waals surface area contributed by atoms with Gasteiger partial charge in [0.25, 0.3) is 0 Å². The molecule has 4 aromatic rings. The van der Waals surface area contributed by atoms with Crippen molar-refractivity contribution in [2.24, 2.45) is 0 Å². The van der Waals surface area contributed by atoms with Crippen LogP contribution >= 0.6 is 0 Å². The number of benzene rings is 4. The highest BCUT2D eigenvalue weighted by Gasteiger charge is 2.45. The maximum atomic E-state index is 13.7. The Morgan fingerprint density at radius 1 is 0.579 bits per heavy atom. The van der Waals surface area contributed by atoms with Gasteiger partial charge in [-0.1, -0.05) is 24.3 Å². The number of aryl methyl sites for hydroxylation is 2. The maximum Gasteiger partial charge on any atom is 0.201 e. The Hall–Kier alpha value is -4.78. The molecule has 0 amide bonds. The van der Waals surface area contributed by atoms with E-state index in [2.05, 4.69) is 0 Å². The zero-order chi connectivity index (χ0) is 27.0. The summed E-state index contributed by atoms with van der Waals surface area (Å²) in [6.45, 7) is 3.60. The molecule has 7 heteroatoms. The van der Waals surface area contributed by atoms with E-state index in [-0.39, 0.29) is 45.3 Å². The number of methoxy groups -OCH3 is 1. The highest BCUT2D eigenvalue weighted by Crippen LogP contribution is 2.56. The summed E-state index contributed by atoms with van der Waals surface area (Å²) in [7, 11) is 1.45. The molecule has 4 aromatic carbocycles. The maximum absolute atomic E-state index is 13.7. The van der Waals surface area contributed by atoms with E-state index in [4.69, 9.17) is 4.74 Å². The van der Waals surface area contributed by atoms with Gasteiger partial charge >= 0.3 is 0 Å². The normalized spacial score (nSPS) is 17.3. The van der Waals surface area contributed by atoms with Crippen LogP contribution in [-0.4, -0.2) is 39.1 Å².